The summed E-state index contributed by atoms with van der Waals surface area (Å²) in [5.41, 5.74) is 0.622. The summed E-state index contributed by atoms with van der Waals surface area (Å²) in [6.45, 7) is 6.97. The minimum atomic E-state index is -0.174. The molecule has 0 aliphatic heterocycles. The minimum Gasteiger partial charge on any atom is -0.105 e. The Kier molecular flexibility index (Phi) is 20.3. The predicted molar refractivity (Wildman–Crippen MR) is 127 cm³/mol. The van der Waals surface area contributed by atoms with E-state index in [1.165, 1.54) is 122 Å². The third kappa shape index (κ3) is 17.2. The Labute approximate surface area is 182 Å². The van der Waals surface area contributed by atoms with Gasteiger partial charge in [0.2, 0.25) is 0 Å². The van der Waals surface area contributed by atoms with Crippen molar-refractivity contribution < 1.29 is 0 Å². The Morgan fingerprint density at radius 3 is 1.11 bits per heavy atom. The van der Waals surface area contributed by atoms with Gasteiger partial charge in [-0.15, -0.1) is 23.2 Å². The van der Waals surface area contributed by atoms with Gasteiger partial charge in [0.15, 0.2) is 0 Å². The monoisotopic (exact) mass is 420 g/mol. The molecule has 164 valence electrons. The molecule has 0 N–H and O–H groups in total. The van der Waals surface area contributed by atoms with Gasteiger partial charge in [0.05, 0.1) is 0 Å². The average molecular weight is 422 g/mol. The number of rotatable bonds is 21. The Balaban J connectivity index is 4.66. The van der Waals surface area contributed by atoms with Crippen molar-refractivity contribution in [1.82, 2.24) is 0 Å². The number of hydrogen-bond donors (Lipinski definition) is 0. The number of halogens is 2. The maximum atomic E-state index is 5.91. The van der Waals surface area contributed by atoms with Crippen LogP contribution in [0.2, 0.25) is 0 Å². The summed E-state index contributed by atoms with van der Waals surface area (Å²) in [5.74, 6) is 0. The molecule has 0 fully saturated rings. The van der Waals surface area contributed by atoms with Gasteiger partial charge in [-0.3, -0.25) is 0 Å². The molecule has 0 aliphatic rings. The fourth-order valence-electron chi connectivity index (χ4n) is 4.51. The first-order valence-corrected chi connectivity index (χ1v) is 13.3. The fourth-order valence-corrected chi connectivity index (χ4v) is 4.81. The summed E-state index contributed by atoms with van der Waals surface area (Å²) in [6, 6.07) is 0. The summed E-state index contributed by atoms with van der Waals surface area (Å²) in [4.78, 5) is -0.174. The zero-order chi connectivity index (χ0) is 20.2. The molecule has 0 saturated carbocycles. The van der Waals surface area contributed by atoms with Crippen LogP contribution < -0.4 is 0 Å². The van der Waals surface area contributed by atoms with Gasteiger partial charge in [-0.2, -0.15) is 0 Å². The standard InChI is InChI=1S/C25H50Cl2/c1-4-7-10-15-20-25(21-16-11-8-5-2,22-17-12-9-6-3)23-18-13-14-19-24(26)27/h24H,4-23H2,1-3H3. The van der Waals surface area contributed by atoms with Gasteiger partial charge < -0.3 is 0 Å². The normalized spacial score (nSPS) is 12.2. The van der Waals surface area contributed by atoms with Gasteiger partial charge in [-0.1, -0.05) is 117 Å². The lowest BCUT2D eigenvalue weighted by atomic mass is 9.70. The second-order valence-corrected chi connectivity index (χ2v) is 10.2. The van der Waals surface area contributed by atoms with Crippen molar-refractivity contribution in [3.63, 3.8) is 0 Å². The molecule has 0 saturated heterocycles. The highest BCUT2D eigenvalue weighted by Gasteiger charge is 2.28. The lowest BCUT2D eigenvalue weighted by Gasteiger charge is -2.35. The first-order valence-electron chi connectivity index (χ1n) is 12.4. The molecule has 0 heterocycles. The maximum absolute atomic E-state index is 5.91. The Morgan fingerprint density at radius 2 is 0.815 bits per heavy atom. The molecule has 0 aromatic heterocycles. The van der Waals surface area contributed by atoms with Crippen molar-refractivity contribution in [3.05, 3.63) is 0 Å². The minimum absolute atomic E-state index is 0.174. The molecular formula is C25H50Cl2. The molecule has 2 heteroatoms. The molecule has 0 bridgehead atoms. The first-order chi connectivity index (χ1) is 13.1. The lowest BCUT2D eigenvalue weighted by Crippen LogP contribution is -2.21. The van der Waals surface area contributed by atoms with E-state index in [0.29, 0.717) is 5.41 Å². The number of hydrogen-bond acceptors (Lipinski definition) is 0. The van der Waals surface area contributed by atoms with E-state index in [9.17, 15) is 0 Å². The van der Waals surface area contributed by atoms with Crippen molar-refractivity contribution >= 4 is 23.2 Å². The van der Waals surface area contributed by atoms with Crippen molar-refractivity contribution in [2.45, 2.75) is 154 Å². The molecule has 0 aliphatic carbocycles. The van der Waals surface area contributed by atoms with E-state index in [-0.39, 0.29) is 4.84 Å². The highest BCUT2D eigenvalue weighted by atomic mass is 35.5. The lowest BCUT2D eigenvalue weighted by molar-refractivity contribution is 0.172. The zero-order valence-electron chi connectivity index (χ0n) is 19.0. The van der Waals surface area contributed by atoms with Crippen LogP contribution in [0.4, 0.5) is 0 Å². The third-order valence-electron chi connectivity index (χ3n) is 6.31. The molecular weight excluding hydrogens is 371 g/mol. The smallest absolute Gasteiger partial charge is 0.105 e. The largest absolute Gasteiger partial charge is 0.107 e. The summed E-state index contributed by atoms with van der Waals surface area (Å²) in [6.07, 6.45) is 27.6. The van der Waals surface area contributed by atoms with Crippen LogP contribution in [0.15, 0.2) is 0 Å². The van der Waals surface area contributed by atoms with E-state index < -0.39 is 0 Å². The van der Waals surface area contributed by atoms with Crippen LogP contribution in [-0.2, 0) is 0 Å². The van der Waals surface area contributed by atoms with E-state index in [0.717, 1.165) is 6.42 Å². The van der Waals surface area contributed by atoms with Gasteiger partial charge >= 0.3 is 0 Å². The van der Waals surface area contributed by atoms with Crippen molar-refractivity contribution in [1.29, 1.82) is 0 Å². The van der Waals surface area contributed by atoms with Crippen LogP contribution in [0.1, 0.15) is 149 Å². The molecule has 0 unspecified atom stereocenters. The quantitative estimate of drug-likeness (QED) is 0.128. The first kappa shape index (κ1) is 27.6. The Morgan fingerprint density at radius 1 is 0.481 bits per heavy atom. The third-order valence-corrected chi connectivity index (χ3v) is 6.75. The molecule has 0 spiro atoms. The van der Waals surface area contributed by atoms with Crippen LogP contribution >= 0.6 is 23.2 Å². The highest BCUT2D eigenvalue weighted by molar-refractivity contribution is 6.44. The van der Waals surface area contributed by atoms with Crippen LogP contribution in [0.5, 0.6) is 0 Å². The molecule has 0 aromatic rings. The van der Waals surface area contributed by atoms with Crippen LogP contribution in [0, 0.1) is 5.41 Å². The second-order valence-electron chi connectivity index (χ2n) is 8.92. The second kappa shape index (κ2) is 19.9. The van der Waals surface area contributed by atoms with Crippen LogP contribution in [-0.4, -0.2) is 4.84 Å². The topological polar surface area (TPSA) is 0 Å². The van der Waals surface area contributed by atoms with Crippen molar-refractivity contribution in [2.75, 3.05) is 0 Å². The highest BCUT2D eigenvalue weighted by Crippen LogP contribution is 2.42. The molecule has 0 radical (unpaired) electrons. The predicted octanol–water partition coefficient (Wildman–Crippen LogP) is 10.6. The van der Waals surface area contributed by atoms with Crippen LogP contribution in [0.3, 0.4) is 0 Å². The summed E-state index contributed by atoms with van der Waals surface area (Å²) in [5, 5.41) is 0. The molecule has 0 aromatic carbocycles. The SMILES string of the molecule is CCCCCCC(CCCCCC)(CCCCCC)CCCCCC(Cl)Cl. The maximum Gasteiger partial charge on any atom is 0.107 e. The number of alkyl halides is 2. The molecule has 0 amide bonds. The summed E-state index contributed by atoms with van der Waals surface area (Å²) < 4.78 is 0. The Hall–Kier alpha value is 0.580. The molecule has 0 atom stereocenters. The summed E-state index contributed by atoms with van der Waals surface area (Å²) >= 11 is 11.8. The van der Waals surface area contributed by atoms with E-state index in [4.69, 9.17) is 23.2 Å². The van der Waals surface area contributed by atoms with Gasteiger partial charge in [0, 0.05) is 0 Å². The summed E-state index contributed by atoms with van der Waals surface area (Å²) in [7, 11) is 0. The molecule has 0 rings (SSSR count). The fraction of sp³-hybridized carbons (Fsp3) is 1.00. The molecule has 27 heavy (non-hydrogen) atoms. The van der Waals surface area contributed by atoms with Crippen molar-refractivity contribution in [3.8, 4) is 0 Å². The van der Waals surface area contributed by atoms with Gasteiger partial charge in [-0.25, -0.2) is 0 Å². The average Bonchev–Trinajstić information content (AvgIpc) is 2.65. The van der Waals surface area contributed by atoms with Gasteiger partial charge in [-0.05, 0) is 37.5 Å². The van der Waals surface area contributed by atoms with Gasteiger partial charge in [0.1, 0.15) is 4.84 Å². The van der Waals surface area contributed by atoms with E-state index in [1.54, 1.807) is 0 Å². The molecule has 0 nitrogen and oxygen atoms in total. The van der Waals surface area contributed by atoms with Gasteiger partial charge in [0.25, 0.3) is 0 Å². The van der Waals surface area contributed by atoms with E-state index >= 15 is 0 Å². The zero-order valence-corrected chi connectivity index (χ0v) is 20.5. The van der Waals surface area contributed by atoms with E-state index in [2.05, 4.69) is 20.8 Å². The van der Waals surface area contributed by atoms with E-state index in [1.807, 2.05) is 0 Å². The number of unbranched alkanes of at least 4 members (excludes halogenated alkanes) is 11. The van der Waals surface area contributed by atoms with Crippen molar-refractivity contribution in [2.24, 2.45) is 5.41 Å². The van der Waals surface area contributed by atoms with Crippen LogP contribution in [0.25, 0.3) is 0 Å². The Bertz CT molecular complexity index is 257.